The fourth-order valence-electron chi connectivity index (χ4n) is 5.05. The van der Waals surface area contributed by atoms with E-state index in [0.717, 1.165) is 16.9 Å². The van der Waals surface area contributed by atoms with E-state index in [0.29, 0.717) is 70.5 Å². The first-order valence-corrected chi connectivity index (χ1v) is 12.6. The van der Waals surface area contributed by atoms with Gasteiger partial charge < -0.3 is 33.3 Å². The summed E-state index contributed by atoms with van der Waals surface area (Å²) in [6.45, 7) is 0.953. The molecule has 4 aromatic rings. The fraction of sp³-hybridized carbons (Fsp3) is 0.300. The van der Waals surface area contributed by atoms with Gasteiger partial charge in [-0.25, -0.2) is 9.97 Å². The predicted octanol–water partition coefficient (Wildman–Crippen LogP) is 4.55. The second kappa shape index (κ2) is 11.2. The highest BCUT2D eigenvalue weighted by Gasteiger charge is 2.28. The van der Waals surface area contributed by atoms with Crippen LogP contribution in [0.2, 0.25) is 0 Å². The van der Waals surface area contributed by atoms with Gasteiger partial charge in [-0.05, 0) is 36.2 Å². The number of hydrogen-bond donors (Lipinski definition) is 0. The molecule has 1 aliphatic rings. The van der Waals surface area contributed by atoms with Crippen LogP contribution in [0.15, 0.2) is 42.5 Å². The van der Waals surface area contributed by atoms with Crippen molar-refractivity contribution >= 4 is 16.8 Å². The van der Waals surface area contributed by atoms with E-state index < -0.39 is 0 Å². The van der Waals surface area contributed by atoms with Crippen LogP contribution in [0.4, 0.5) is 0 Å². The summed E-state index contributed by atoms with van der Waals surface area (Å²) in [6, 6.07) is 12.9. The Morgan fingerprint density at radius 2 is 1.40 bits per heavy atom. The molecule has 5 rings (SSSR count). The van der Waals surface area contributed by atoms with Crippen LogP contribution in [0.1, 0.15) is 21.6 Å². The van der Waals surface area contributed by atoms with Crippen LogP contribution in [0.3, 0.4) is 0 Å². The summed E-state index contributed by atoms with van der Waals surface area (Å²) in [5.41, 5.74) is 3.53. The third-order valence-electron chi connectivity index (χ3n) is 7.06. The topological polar surface area (TPSA) is 101 Å². The van der Waals surface area contributed by atoms with Gasteiger partial charge in [0.2, 0.25) is 5.75 Å². The molecule has 1 aromatic heterocycles. The van der Waals surface area contributed by atoms with Gasteiger partial charge in [0, 0.05) is 35.7 Å². The summed E-state index contributed by atoms with van der Waals surface area (Å²) in [7, 11) is 9.37. The van der Waals surface area contributed by atoms with Gasteiger partial charge in [-0.15, -0.1) is 0 Å². The molecule has 10 heteroatoms. The Morgan fingerprint density at radius 1 is 0.750 bits per heavy atom. The molecule has 0 fully saturated rings. The first-order chi connectivity index (χ1) is 19.5. The molecule has 0 saturated carbocycles. The lowest BCUT2D eigenvalue weighted by Crippen LogP contribution is -2.36. The molecule has 208 valence electrons. The molecule has 10 nitrogen and oxygen atoms in total. The van der Waals surface area contributed by atoms with E-state index in [1.54, 1.807) is 50.5 Å². The van der Waals surface area contributed by atoms with Crippen molar-refractivity contribution in [1.29, 1.82) is 0 Å². The Morgan fingerprint density at radius 3 is 2.02 bits per heavy atom. The molecule has 0 saturated heterocycles. The molecule has 1 amide bonds. The molecule has 2 heterocycles. The van der Waals surface area contributed by atoms with Gasteiger partial charge >= 0.3 is 0 Å². The van der Waals surface area contributed by atoms with Gasteiger partial charge in [-0.2, -0.15) is 0 Å². The molecule has 0 aliphatic carbocycles. The van der Waals surface area contributed by atoms with Crippen LogP contribution >= 0.6 is 0 Å². The monoisotopic (exact) mass is 545 g/mol. The largest absolute Gasteiger partial charge is 0.496 e. The zero-order chi connectivity index (χ0) is 28.4. The minimum Gasteiger partial charge on any atom is -0.496 e. The number of aromatic nitrogens is 2. The highest BCUT2D eigenvalue weighted by atomic mass is 16.5. The highest BCUT2D eigenvalue weighted by molar-refractivity contribution is 6.05. The lowest BCUT2D eigenvalue weighted by Gasteiger charge is -2.30. The summed E-state index contributed by atoms with van der Waals surface area (Å²) in [4.78, 5) is 25.5. The van der Waals surface area contributed by atoms with Crippen molar-refractivity contribution in [3.8, 4) is 45.9 Å². The van der Waals surface area contributed by atoms with Crippen molar-refractivity contribution in [3.63, 3.8) is 0 Å². The normalized spacial score (nSPS) is 12.5. The van der Waals surface area contributed by atoms with Crippen molar-refractivity contribution in [2.75, 3.05) is 49.2 Å². The number of ether oxygens (including phenoxy) is 6. The molecule has 0 radical (unpaired) electrons. The van der Waals surface area contributed by atoms with E-state index in [2.05, 4.69) is 0 Å². The molecule has 0 N–H and O–H groups in total. The van der Waals surface area contributed by atoms with Gasteiger partial charge in [-0.3, -0.25) is 4.79 Å². The van der Waals surface area contributed by atoms with E-state index in [1.807, 2.05) is 18.2 Å². The first kappa shape index (κ1) is 26.9. The van der Waals surface area contributed by atoms with Crippen molar-refractivity contribution in [1.82, 2.24) is 14.9 Å². The molecule has 0 atom stereocenters. The first-order valence-electron chi connectivity index (χ1n) is 12.6. The summed E-state index contributed by atoms with van der Waals surface area (Å²) in [5.74, 6) is 3.23. The van der Waals surface area contributed by atoms with Gasteiger partial charge in [0.05, 0.1) is 48.2 Å². The Hall–Kier alpha value is -4.73. The van der Waals surface area contributed by atoms with Crippen molar-refractivity contribution in [3.05, 3.63) is 59.3 Å². The Kier molecular flexibility index (Phi) is 7.50. The number of rotatable bonds is 8. The Labute approximate surface area is 232 Å². The third kappa shape index (κ3) is 4.66. The molecule has 40 heavy (non-hydrogen) atoms. The number of carbonyl (C=O) groups is 1. The number of methoxy groups -OCH3 is 6. The van der Waals surface area contributed by atoms with Gasteiger partial charge in [0.1, 0.15) is 11.4 Å². The maximum Gasteiger partial charge on any atom is 0.273 e. The van der Waals surface area contributed by atoms with E-state index >= 15 is 0 Å². The lowest BCUT2D eigenvalue weighted by molar-refractivity contribution is 0.0730. The second-order valence-electron chi connectivity index (χ2n) is 9.11. The van der Waals surface area contributed by atoms with Crippen molar-refractivity contribution in [2.24, 2.45) is 0 Å². The zero-order valence-corrected chi connectivity index (χ0v) is 23.4. The highest BCUT2D eigenvalue weighted by Crippen LogP contribution is 2.41. The minimum atomic E-state index is -0.221. The zero-order valence-electron chi connectivity index (χ0n) is 23.4. The average molecular weight is 546 g/mol. The minimum absolute atomic E-state index is 0.221. The van der Waals surface area contributed by atoms with Crippen LogP contribution in [0.5, 0.6) is 34.5 Å². The van der Waals surface area contributed by atoms with E-state index in [1.165, 1.54) is 21.3 Å². The predicted molar refractivity (Wildman–Crippen MR) is 149 cm³/mol. The molecule has 0 unspecified atom stereocenters. The van der Waals surface area contributed by atoms with E-state index in [9.17, 15) is 4.79 Å². The standard InChI is InChI=1S/C30H31N3O7/c1-35-22-9-7-8-17-16-33(11-10-19(17)22)30(34)27-20-14-23(36-2)24(37-3)15-21(20)31-29(32-27)18-12-25(38-4)28(40-6)26(13-18)39-5/h7-9,12-15H,10-11,16H2,1-6H3. The van der Waals surface area contributed by atoms with Crippen LogP contribution in [0.25, 0.3) is 22.3 Å². The number of nitrogens with zero attached hydrogens (tertiary/aromatic N) is 3. The fourth-order valence-corrected chi connectivity index (χ4v) is 5.05. The number of hydrogen-bond acceptors (Lipinski definition) is 9. The van der Waals surface area contributed by atoms with Gasteiger partial charge in [0.15, 0.2) is 28.8 Å². The molecule has 0 spiro atoms. The number of carbonyl (C=O) groups excluding carboxylic acids is 1. The molecule has 0 bridgehead atoms. The number of amides is 1. The lowest BCUT2D eigenvalue weighted by atomic mass is 9.98. The summed E-state index contributed by atoms with van der Waals surface area (Å²) < 4.78 is 33.1. The Balaban J connectivity index is 1.67. The maximum atomic E-state index is 14.1. The third-order valence-corrected chi connectivity index (χ3v) is 7.06. The van der Waals surface area contributed by atoms with Crippen molar-refractivity contribution in [2.45, 2.75) is 13.0 Å². The van der Waals surface area contributed by atoms with Crippen molar-refractivity contribution < 1.29 is 33.2 Å². The molecular formula is C30H31N3O7. The summed E-state index contributed by atoms with van der Waals surface area (Å²) in [5, 5.41) is 0.551. The van der Waals surface area contributed by atoms with Crippen LogP contribution in [0, 0.1) is 0 Å². The summed E-state index contributed by atoms with van der Waals surface area (Å²) in [6.07, 6.45) is 0.672. The smallest absolute Gasteiger partial charge is 0.273 e. The van der Waals surface area contributed by atoms with Gasteiger partial charge in [0.25, 0.3) is 5.91 Å². The molecule has 1 aliphatic heterocycles. The summed E-state index contributed by atoms with van der Waals surface area (Å²) >= 11 is 0. The Bertz CT molecular complexity index is 1560. The second-order valence-corrected chi connectivity index (χ2v) is 9.11. The molecular weight excluding hydrogens is 514 g/mol. The quantitative estimate of drug-likeness (QED) is 0.316. The maximum absolute atomic E-state index is 14.1. The average Bonchev–Trinajstić information content (AvgIpc) is 3.01. The number of benzene rings is 3. The number of fused-ring (bicyclic) bond motifs is 2. The van der Waals surface area contributed by atoms with E-state index in [4.69, 9.17) is 38.4 Å². The van der Waals surface area contributed by atoms with Crippen LogP contribution in [-0.4, -0.2) is 70.0 Å². The van der Waals surface area contributed by atoms with Crippen LogP contribution < -0.4 is 28.4 Å². The SMILES string of the molecule is COc1cc2nc(-c3cc(OC)c(OC)c(OC)c3)nc(C(=O)N3CCc4c(cccc4OC)C3)c2cc1OC. The van der Waals surface area contributed by atoms with Gasteiger partial charge in [-0.1, -0.05) is 12.1 Å². The van der Waals surface area contributed by atoms with Crippen LogP contribution in [-0.2, 0) is 13.0 Å². The molecule has 3 aromatic carbocycles. The van der Waals surface area contributed by atoms with E-state index in [-0.39, 0.29) is 11.6 Å².